The zero-order valence-corrected chi connectivity index (χ0v) is 13.2. The highest BCUT2D eigenvalue weighted by Crippen LogP contribution is 2.22. The zero-order valence-electron chi connectivity index (χ0n) is 12.4. The second-order valence-electron chi connectivity index (χ2n) is 4.95. The Kier molecular flexibility index (Phi) is 4.06. The van der Waals surface area contributed by atoms with Crippen molar-refractivity contribution in [2.45, 2.75) is 13.5 Å². The second-order valence-corrected chi connectivity index (χ2v) is 6.18. The van der Waals surface area contributed by atoms with E-state index >= 15 is 0 Å². The monoisotopic (exact) mass is 312 g/mol. The van der Waals surface area contributed by atoms with Crippen molar-refractivity contribution in [1.29, 1.82) is 0 Å². The molecule has 4 nitrogen and oxygen atoms in total. The SMILES string of the molecule is COc1cccc(CNC(=O)c2ccc3nc(C)sc3c2)c1. The van der Waals surface area contributed by atoms with E-state index in [9.17, 15) is 4.79 Å². The van der Waals surface area contributed by atoms with Crippen LogP contribution in [0.1, 0.15) is 20.9 Å². The Balaban J connectivity index is 1.72. The molecule has 22 heavy (non-hydrogen) atoms. The van der Waals surface area contributed by atoms with E-state index in [0.717, 1.165) is 26.5 Å². The summed E-state index contributed by atoms with van der Waals surface area (Å²) in [7, 11) is 1.63. The Morgan fingerprint density at radius 2 is 2.14 bits per heavy atom. The number of carbonyl (C=O) groups is 1. The summed E-state index contributed by atoms with van der Waals surface area (Å²) in [6.07, 6.45) is 0. The van der Waals surface area contributed by atoms with Gasteiger partial charge in [0, 0.05) is 12.1 Å². The van der Waals surface area contributed by atoms with Crippen LogP contribution >= 0.6 is 11.3 Å². The van der Waals surface area contributed by atoms with Crippen LogP contribution in [-0.2, 0) is 6.54 Å². The first-order valence-corrected chi connectivity index (χ1v) is 7.75. The number of hydrogen-bond donors (Lipinski definition) is 1. The fraction of sp³-hybridized carbons (Fsp3) is 0.176. The predicted octanol–water partition coefficient (Wildman–Crippen LogP) is 3.54. The zero-order chi connectivity index (χ0) is 15.5. The lowest BCUT2D eigenvalue weighted by Crippen LogP contribution is -2.22. The first-order valence-electron chi connectivity index (χ1n) is 6.94. The maximum atomic E-state index is 12.3. The molecule has 1 heterocycles. The van der Waals surface area contributed by atoms with Gasteiger partial charge in [-0.15, -0.1) is 11.3 Å². The lowest BCUT2D eigenvalue weighted by Gasteiger charge is -2.07. The Morgan fingerprint density at radius 1 is 1.27 bits per heavy atom. The van der Waals surface area contributed by atoms with Crippen molar-refractivity contribution < 1.29 is 9.53 Å². The summed E-state index contributed by atoms with van der Waals surface area (Å²) in [6, 6.07) is 13.2. The highest BCUT2D eigenvalue weighted by molar-refractivity contribution is 7.18. The van der Waals surface area contributed by atoms with Crippen molar-refractivity contribution in [3.8, 4) is 5.75 Å². The highest BCUT2D eigenvalue weighted by Gasteiger charge is 2.08. The Bertz CT molecular complexity index is 826. The molecule has 0 unspecified atom stereocenters. The van der Waals surface area contributed by atoms with Crippen LogP contribution in [0.3, 0.4) is 0 Å². The van der Waals surface area contributed by atoms with Crippen LogP contribution < -0.4 is 10.1 Å². The summed E-state index contributed by atoms with van der Waals surface area (Å²) >= 11 is 1.60. The van der Waals surface area contributed by atoms with E-state index in [-0.39, 0.29) is 5.91 Å². The maximum absolute atomic E-state index is 12.3. The third-order valence-electron chi connectivity index (χ3n) is 3.34. The van der Waals surface area contributed by atoms with E-state index in [1.807, 2.05) is 49.4 Å². The van der Waals surface area contributed by atoms with Crippen molar-refractivity contribution in [1.82, 2.24) is 10.3 Å². The quantitative estimate of drug-likeness (QED) is 0.801. The Labute approximate surface area is 132 Å². The molecule has 3 rings (SSSR count). The normalized spacial score (nSPS) is 10.6. The lowest BCUT2D eigenvalue weighted by atomic mass is 10.2. The van der Waals surface area contributed by atoms with E-state index in [2.05, 4.69) is 10.3 Å². The number of aromatic nitrogens is 1. The second kappa shape index (κ2) is 6.15. The molecule has 0 aliphatic heterocycles. The van der Waals surface area contributed by atoms with Gasteiger partial charge in [-0.05, 0) is 42.8 Å². The number of methoxy groups -OCH3 is 1. The molecule has 1 aromatic heterocycles. The number of nitrogens with zero attached hydrogens (tertiary/aromatic N) is 1. The molecule has 0 aliphatic carbocycles. The predicted molar refractivity (Wildman–Crippen MR) is 88.5 cm³/mol. The number of carbonyl (C=O) groups excluding carboxylic acids is 1. The van der Waals surface area contributed by atoms with Gasteiger partial charge in [0.2, 0.25) is 0 Å². The molecule has 3 aromatic rings. The van der Waals surface area contributed by atoms with Gasteiger partial charge in [0.15, 0.2) is 0 Å². The van der Waals surface area contributed by atoms with Crippen LogP contribution in [0.5, 0.6) is 5.75 Å². The van der Waals surface area contributed by atoms with Crippen molar-refractivity contribution in [3.05, 3.63) is 58.6 Å². The number of rotatable bonds is 4. The third-order valence-corrected chi connectivity index (χ3v) is 4.28. The van der Waals surface area contributed by atoms with E-state index < -0.39 is 0 Å². The number of thiazole rings is 1. The van der Waals surface area contributed by atoms with Crippen molar-refractivity contribution in [2.24, 2.45) is 0 Å². The molecule has 2 aromatic carbocycles. The molecule has 0 fully saturated rings. The van der Waals surface area contributed by atoms with E-state index in [0.29, 0.717) is 12.1 Å². The van der Waals surface area contributed by atoms with E-state index in [4.69, 9.17) is 4.74 Å². The van der Waals surface area contributed by atoms with Gasteiger partial charge >= 0.3 is 0 Å². The molecule has 112 valence electrons. The smallest absolute Gasteiger partial charge is 0.251 e. The number of nitrogens with one attached hydrogen (secondary N) is 1. The summed E-state index contributed by atoms with van der Waals surface area (Å²) in [5.41, 5.74) is 2.59. The van der Waals surface area contributed by atoms with Gasteiger partial charge in [-0.1, -0.05) is 12.1 Å². The van der Waals surface area contributed by atoms with Crippen LogP contribution in [0.15, 0.2) is 42.5 Å². The molecule has 0 saturated carbocycles. The minimum absolute atomic E-state index is 0.0872. The fourth-order valence-corrected chi connectivity index (χ4v) is 3.11. The molecule has 0 spiro atoms. The Hall–Kier alpha value is -2.40. The molecule has 0 aliphatic rings. The number of amides is 1. The summed E-state index contributed by atoms with van der Waals surface area (Å²) in [6.45, 7) is 2.43. The van der Waals surface area contributed by atoms with Crippen molar-refractivity contribution in [2.75, 3.05) is 7.11 Å². The topological polar surface area (TPSA) is 51.2 Å². The molecule has 0 atom stereocenters. The first-order chi connectivity index (χ1) is 10.7. The van der Waals surface area contributed by atoms with Crippen LogP contribution in [0.4, 0.5) is 0 Å². The molecular weight excluding hydrogens is 296 g/mol. The van der Waals surface area contributed by atoms with Crippen LogP contribution in [-0.4, -0.2) is 18.0 Å². The van der Waals surface area contributed by atoms with Gasteiger partial charge < -0.3 is 10.1 Å². The highest BCUT2D eigenvalue weighted by atomic mass is 32.1. The molecule has 0 saturated heterocycles. The third kappa shape index (κ3) is 3.09. The first kappa shape index (κ1) is 14.5. The molecule has 5 heteroatoms. The fourth-order valence-electron chi connectivity index (χ4n) is 2.25. The summed E-state index contributed by atoms with van der Waals surface area (Å²) in [4.78, 5) is 16.7. The summed E-state index contributed by atoms with van der Waals surface area (Å²) < 4.78 is 6.21. The Morgan fingerprint density at radius 3 is 2.95 bits per heavy atom. The number of aryl methyl sites for hydroxylation is 1. The molecule has 1 amide bonds. The molecular formula is C17H16N2O2S. The van der Waals surface area contributed by atoms with E-state index in [1.54, 1.807) is 18.4 Å². The van der Waals surface area contributed by atoms with Crippen molar-refractivity contribution in [3.63, 3.8) is 0 Å². The number of ether oxygens (including phenoxy) is 1. The largest absolute Gasteiger partial charge is 0.497 e. The van der Waals surface area contributed by atoms with Crippen LogP contribution in [0.25, 0.3) is 10.2 Å². The van der Waals surface area contributed by atoms with Crippen molar-refractivity contribution >= 4 is 27.5 Å². The number of benzene rings is 2. The van der Waals surface area contributed by atoms with Gasteiger partial charge in [0.25, 0.3) is 5.91 Å². The average Bonchev–Trinajstić information content (AvgIpc) is 2.91. The molecule has 0 bridgehead atoms. The lowest BCUT2D eigenvalue weighted by molar-refractivity contribution is 0.0951. The minimum atomic E-state index is -0.0872. The number of hydrogen-bond acceptors (Lipinski definition) is 4. The number of fused-ring (bicyclic) bond motifs is 1. The average molecular weight is 312 g/mol. The van der Waals surface area contributed by atoms with Crippen LogP contribution in [0, 0.1) is 6.92 Å². The van der Waals surface area contributed by atoms with Gasteiger partial charge in [0.1, 0.15) is 5.75 Å². The van der Waals surface area contributed by atoms with E-state index in [1.165, 1.54) is 0 Å². The molecule has 1 N–H and O–H groups in total. The van der Waals surface area contributed by atoms with Gasteiger partial charge in [-0.2, -0.15) is 0 Å². The van der Waals surface area contributed by atoms with Gasteiger partial charge in [0.05, 0.1) is 22.3 Å². The summed E-state index contributed by atoms with van der Waals surface area (Å²) in [5.74, 6) is 0.698. The molecule has 0 radical (unpaired) electrons. The minimum Gasteiger partial charge on any atom is -0.497 e. The maximum Gasteiger partial charge on any atom is 0.251 e. The van der Waals surface area contributed by atoms with Gasteiger partial charge in [-0.3, -0.25) is 4.79 Å². The van der Waals surface area contributed by atoms with Crippen LogP contribution in [0.2, 0.25) is 0 Å². The van der Waals surface area contributed by atoms with Gasteiger partial charge in [-0.25, -0.2) is 4.98 Å². The summed E-state index contributed by atoms with van der Waals surface area (Å²) in [5, 5.41) is 3.93. The standard InChI is InChI=1S/C17H16N2O2S/c1-11-19-15-7-6-13(9-16(15)22-11)17(20)18-10-12-4-3-5-14(8-12)21-2/h3-9H,10H2,1-2H3,(H,18,20).